The van der Waals surface area contributed by atoms with Crippen molar-refractivity contribution in [1.29, 1.82) is 0 Å². The highest BCUT2D eigenvalue weighted by Crippen LogP contribution is 2.35. The van der Waals surface area contributed by atoms with Crippen molar-refractivity contribution < 1.29 is 35.9 Å². The molecule has 1 heterocycles. The Bertz CT molecular complexity index is 483. The van der Waals surface area contributed by atoms with Crippen LogP contribution in [0.15, 0.2) is 6.07 Å². The van der Waals surface area contributed by atoms with E-state index in [1.54, 1.807) is 0 Å². The summed E-state index contributed by atoms with van der Waals surface area (Å²) >= 11 is 0. The third kappa shape index (κ3) is 3.81. The molecule has 0 radical (unpaired) electrons. The first-order valence-corrected chi connectivity index (χ1v) is 4.60. The zero-order valence-corrected chi connectivity index (χ0v) is 8.97. The lowest BCUT2D eigenvalue weighted by Crippen LogP contribution is -2.21. The fourth-order valence-corrected chi connectivity index (χ4v) is 1.24. The number of halogens is 6. The van der Waals surface area contributed by atoms with Gasteiger partial charge < -0.3 is 10.5 Å². The fourth-order valence-electron chi connectivity index (χ4n) is 1.24. The van der Waals surface area contributed by atoms with E-state index < -0.39 is 41.8 Å². The van der Waals surface area contributed by atoms with E-state index in [-0.39, 0.29) is 12.4 Å². The average Bonchev–Trinajstić information content (AvgIpc) is 2.25. The number of alkyl halides is 6. The molecule has 10 heteroatoms. The van der Waals surface area contributed by atoms with E-state index in [2.05, 4.69) is 9.72 Å². The van der Waals surface area contributed by atoms with Gasteiger partial charge in [0.05, 0.1) is 11.3 Å². The van der Waals surface area contributed by atoms with Gasteiger partial charge in [-0.3, -0.25) is 4.79 Å². The Kier molecular flexibility index (Phi) is 4.03. The molecule has 1 aromatic rings. The van der Waals surface area contributed by atoms with Crippen LogP contribution in [0.1, 0.15) is 21.7 Å². The van der Waals surface area contributed by atoms with Gasteiger partial charge in [-0.25, -0.2) is 4.98 Å². The Balaban J connectivity index is 3.42. The smallest absolute Gasteiger partial charge is 0.403 e. The van der Waals surface area contributed by atoms with E-state index in [1.165, 1.54) is 0 Å². The number of hydrogen-bond donors (Lipinski definition) is 1. The molecule has 0 fully saturated rings. The maximum atomic E-state index is 12.6. The van der Waals surface area contributed by atoms with Gasteiger partial charge in [0.1, 0.15) is 5.69 Å². The third-order valence-electron chi connectivity index (χ3n) is 1.93. The van der Waals surface area contributed by atoms with Crippen molar-refractivity contribution in [1.82, 2.24) is 4.98 Å². The van der Waals surface area contributed by atoms with Crippen LogP contribution in [0, 0.1) is 0 Å². The first kappa shape index (κ1) is 15.2. The second-order valence-corrected chi connectivity index (χ2v) is 3.23. The van der Waals surface area contributed by atoms with Gasteiger partial charge in [0.25, 0.3) is 0 Å². The van der Waals surface area contributed by atoms with Crippen molar-refractivity contribution in [3.8, 4) is 5.75 Å². The lowest BCUT2D eigenvalue weighted by Gasteiger charge is -2.15. The molecule has 0 aliphatic heterocycles. The number of aldehydes is 1. The zero-order valence-electron chi connectivity index (χ0n) is 8.97. The number of rotatable bonds is 3. The molecule has 0 aromatic carbocycles. The number of carbonyl (C=O) groups excluding carboxylic acids is 1. The molecule has 0 saturated carbocycles. The van der Waals surface area contributed by atoms with Crippen LogP contribution in [0.3, 0.4) is 0 Å². The molecule has 1 rings (SSSR count). The second-order valence-electron chi connectivity index (χ2n) is 3.23. The van der Waals surface area contributed by atoms with Crippen molar-refractivity contribution in [3.05, 3.63) is 23.0 Å². The van der Waals surface area contributed by atoms with Gasteiger partial charge in [-0.2, -0.15) is 13.2 Å². The lowest BCUT2D eigenvalue weighted by atomic mass is 10.1. The van der Waals surface area contributed by atoms with Crippen LogP contribution >= 0.6 is 0 Å². The predicted molar refractivity (Wildman–Crippen MR) is 49.2 cm³/mol. The highest BCUT2D eigenvalue weighted by molar-refractivity contribution is 5.76. The topological polar surface area (TPSA) is 65.2 Å². The molecule has 0 amide bonds. The molecule has 0 bridgehead atoms. The summed E-state index contributed by atoms with van der Waals surface area (Å²) in [5.74, 6) is -1.33. The van der Waals surface area contributed by atoms with E-state index in [1.807, 2.05) is 0 Å². The molecule has 2 N–H and O–H groups in total. The maximum absolute atomic E-state index is 12.6. The third-order valence-corrected chi connectivity index (χ3v) is 1.93. The maximum Gasteiger partial charge on any atom is 0.573 e. The van der Waals surface area contributed by atoms with Crippen molar-refractivity contribution in [2.45, 2.75) is 19.1 Å². The number of carbonyl (C=O) groups is 1. The van der Waals surface area contributed by atoms with Crippen LogP contribution in [0.5, 0.6) is 5.75 Å². The Morgan fingerprint density at radius 2 is 1.84 bits per heavy atom. The second kappa shape index (κ2) is 5.03. The predicted octanol–water partition coefficient (Wildman–Crippen LogP) is 2.27. The molecule has 106 valence electrons. The Labute approximate surface area is 102 Å². The van der Waals surface area contributed by atoms with E-state index in [0.29, 0.717) is 0 Å². The molecule has 0 aliphatic rings. The molecule has 0 atom stereocenters. The van der Waals surface area contributed by atoms with Crippen LogP contribution in [-0.4, -0.2) is 17.6 Å². The number of aromatic nitrogens is 1. The highest BCUT2D eigenvalue weighted by atomic mass is 19.4. The largest absolute Gasteiger partial charge is 0.573 e. The molecule has 19 heavy (non-hydrogen) atoms. The summed E-state index contributed by atoms with van der Waals surface area (Å²) in [6, 6.07) is 0.0480. The minimum absolute atomic E-state index is 0.0480. The molecular formula is C9H6F6N2O2. The van der Waals surface area contributed by atoms with E-state index in [9.17, 15) is 31.1 Å². The van der Waals surface area contributed by atoms with Gasteiger partial charge in [0, 0.05) is 6.54 Å². The minimum atomic E-state index is -5.24. The number of pyridine rings is 1. The van der Waals surface area contributed by atoms with E-state index in [0.717, 1.165) is 0 Å². The van der Waals surface area contributed by atoms with Gasteiger partial charge >= 0.3 is 12.5 Å². The monoisotopic (exact) mass is 288 g/mol. The normalized spacial score (nSPS) is 12.4. The van der Waals surface area contributed by atoms with Crippen LogP contribution < -0.4 is 10.5 Å². The van der Waals surface area contributed by atoms with Gasteiger partial charge in [-0.15, -0.1) is 13.2 Å². The summed E-state index contributed by atoms with van der Waals surface area (Å²) in [7, 11) is 0. The summed E-state index contributed by atoms with van der Waals surface area (Å²) in [5, 5.41) is 0. The fraction of sp³-hybridized carbons (Fsp3) is 0.333. The van der Waals surface area contributed by atoms with E-state index >= 15 is 0 Å². The van der Waals surface area contributed by atoms with Crippen LogP contribution in [0.2, 0.25) is 0 Å². The molecular weight excluding hydrogens is 282 g/mol. The van der Waals surface area contributed by atoms with Crippen molar-refractivity contribution in [2.75, 3.05) is 0 Å². The number of ether oxygens (including phenoxy) is 1. The van der Waals surface area contributed by atoms with Crippen LogP contribution in [-0.2, 0) is 12.7 Å². The zero-order chi connectivity index (χ0) is 14.8. The Morgan fingerprint density at radius 1 is 1.26 bits per heavy atom. The first-order chi connectivity index (χ1) is 8.58. The van der Waals surface area contributed by atoms with Crippen molar-refractivity contribution >= 4 is 6.29 Å². The Hall–Kier alpha value is -1.84. The highest BCUT2D eigenvalue weighted by Gasteiger charge is 2.38. The first-order valence-electron chi connectivity index (χ1n) is 4.60. The summed E-state index contributed by atoms with van der Waals surface area (Å²) < 4.78 is 77.0. The van der Waals surface area contributed by atoms with Gasteiger partial charge in [-0.05, 0) is 6.07 Å². The molecule has 0 aliphatic carbocycles. The number of nitrogens with two attached hydrogens (primary N) is 1. The summed E-state index contributed by atoms with van der Waals surface area (Å²) in [6.07, 6.45) is -10.4. The molecule has 0 spiro atoms. The molecule has 0 unspecified atom stereocenters. The minimum Gasteiger partial charge on any atom is -0.403 e. The standard InChI is InChI=1S/C9H6F6N2O2/c10-8(11,12)4-1-7(19-9(13,14)15)6(3-18)17-5(4)2-16/h1,3H,2,16H2. The van der Waals surface area contributed by atoms with Gasteiger partial charge in [-0.1, -0.05) is 0 Å². The summed E-state index contributed by atoms with van der Waals surface area (Å²) in [5.41, 5.74) is 1.86. The summed E-state index contributed by atoms with van der Waals surface area (Å²) in [6.45, 7) is -0.692. The van der Waals surface area contributed by atoms with E-state index in [4.69, 9.17) is 5.73 Å². The number of nitrogens with zero attached hydrogens (tertiary/aromatic N) is 1. The van der Waals surface area contributed by atoms with Gasteiger partial charge in [0.15, 0.2) is 12.0 Å². The molecule has 0 saturated heterocycles. The number of hydrogen-bond acceptors (Lipinski definition) is 4. The molecule has 4 nitrogen and oxygen atoms in total. The van der Waals surface area contributed by atoms with Crippen molar-refractivity contribution in [2.24, 2.45) is 5.73 Å². The average molecular weight is 288 g/mol. The van der Waals surface area contributed by atoms with Crippen LogP contribution in [0.4, 0.5) is 26.3 Å². The summed E-state index contributed by atoms with van der Waals surface area (Å²) in [4.78, 5) is 13.6. The molecule has 1 aromatic heterocycles. The SMILES string of the molecule is NCc1nc(C=O)c(OC(F)(F)F)cc1C(F)(F)F. The van der Waals surface area contributed by atoms with Crippen molar-refractivity contribution in [3.63, 3.8) is 0 Å². The van der Waals surface area contributed by atoms with Gasteiger partial charge in [0.2, 0.25) is 0 Å². The lowest BCUT2D eigenvalue weighted by molar-refractivity contribution is -0.275. The quantitative estimate of drug-likeness (QED) is 0.684. The van der Waals surface area contributed by atoms with Crippen LogP contribution in [0.25, 0.3) is 0 Å². The Morgan fingerprint density at radius 3 is 2.21 bits per heavy atom.